The van der Waals surface area contributed by atoms with Crippen molar-refractivity contribution in [1.29, 1.82) is 0 Å². The van der Waals surface area contributed by atoms with Crippen LogP contribution >= 0.6 is 0 Å². The summed E-state index contributed by atoms with van der Waals surface area (Å²) < 4.78 is 26.2. The van der Waals surface area contributed by atoms with Gasteiger partial charge >= 0.3 is 0 Å². The molecule has 2 nitrogen and oxygen atoms in total. The number of phenolic OH excluding ortho intramolecular Hbond substituents is 1. The maximum atomic E-state index is 13.1. The van der Waals surface area contributed by atoms with Gasteiger partial charge in [-0.15, -0.1) is 0 Å². The molecular weight excluding hydrogens is 236 g/mol. The number of hydrogen-bond donors (Lipinski definition) is 2. The lowest BCUT2D eigenvalue weighted by Gasteiger charge is -2.09. The van der Waals surface area contributed by atoms with Gasteiger partial charge in [-0.3, -0.25) is 0 Å². The minimum atomic E-state index is -0.662. The summed E-state index contributed by atoms with van der Waals surface area (Å²) >= 11 is 0. The van der Waals surface area contributed by atoms with Gasteiger partial charge in [0, 0.05) is 17.8 Å². The Balaban J connectivity index is 2.14. The normalized spacial score (nSPS) is 10.4. The van der Waals surface area contributed by atoms with Gasteiger partial charge in [-0.05, 0) is 36.8 Å². The standard InChI is InChI=1S/C14H13F2NO/c1-9-5-11(15)7-12(6-9)17-8-10-3-2-4-13(16)14(10)18/h2-7,17-18H,8H2,1H3. The van der Waals surface area contributed by atoms with E-state index in [9.17, 15) is 13.9 Å². The minimum Gasteiger partial charge on any atom is -0.505 e. The van der Waals surface area contributed by atoms with Crippen molar-refractivity contribution in [3.63, 3.8) is 0 Å². The van der Waals surface area contributed by atoms with E-state index in [1.165, 1.54) is 24.3 Å². The van der Waals surface area contributed by atoms with Crippen LogP contribution in [0.3, 0.4) is 0 Å². The van der Waals surface area contributed by atoms with Crippen molar-refractivity contribution < 1.29 is 13.9 Å². The van der Waals surface area contributed by atoms with Crippen LogP contribution in [0.4, 0.5) is 14.5 Å². The van der Waals surface area contributed by atoms with Crippen LogP contribution in [0, 0.1) is 18.6 Å². The van der Waals surface area contributed by atoms with Gasteiger partial charge in [0.15, 0.2) is 11.6 Å². The van der Waals surface area contributed by atoms with Crippen molar-refractivity contribution in [3.8, 4) is 5.75 Å². The average molecular weight is 249 g/mol. The molecule has 4 heteroatoms. The predicted octanol–water partition coefficient (Wildman–Crippen LogP) is 3.59. The van der Waals surface area contributed by atoms with Gasteiger partial charge in [-0.1, -0.05) is 12.1 Å². The first-order chi connectivity index (χ1) is 8.56. The summed E-state index contributed by atoms with van der Waals surface area (Å²) in [5, 5.41) is 12.4. The Hall–Kier alpha value is -2.10. The molecule has 18 heavy (non-hydrogen) atoms. The number of anilines is 1. The topological polar surface area (TPSA) is 32.3 Å². The third-order valence-electron chi connectivity index (χ3n) is 2.60. The lowest BCUT2D eigenvalue weighted by Crippen LogP contribution is -2.01. The molecule has 2 aromatic rings. The molecule has 0 saturated carbocycles. The van der Waals surface area contributed by atoms with Crippen LogP contribution in [-0.2, 0) is 6.54 Å². The summed E-state index contributed by atoms with van der Waals surface area (Å²) in [4.78, 5) is 0. The fourth-order valence-corrected chi connectivity index (χ4v) is 1.74. The van der Waals surface area contributed by atoms with Crippen LogP contribution in [0.5, 0.6) is 5.75 Å². The highest BCUT2D eigenvalue weighted by Crippen LogP contribution is 2.22. The van der Waals surface area contributed by atoms with Crippen LogP contribution in [0.25, 0.3) is 0 Å². The Morgan fingerprint density at radius 3 is 2.67 bits per heavy atom. The predicted molar refractivity (Wildman–Crippen MR) is 66.5 cm³/mol. The van der Waals surface area contributed by atoms with Gasteiger partial charge in [-0.25, -0.2) is 8.78 Å². The summed E-state index contributed by atoms with van der Waals surface area (Å²) in [6.07, 6.45) is 0. The largest absolute Gasteiger partial charge is 0.505 e. The van der Waals surface area contributed by atoms with Crippen LogP contribution in [0.1, 0.15) is 11.1 Å². The Morgan fingerprint density at radius 1 is 1.17 bits per heavy atom. The molecule has 2 N–H and O–H groups in total. The highest BCUT2D eigenvalue weighted by atomic mass is 19.1. The number of rotatable bonds is 3. The fraction of sp³-hybridized carbons (Fsp3) is 0.143. The van der Waals surface area contributed by atoms with Crippen molar-refractivity contribution in [2.45, 2.75) is 13.5 Å². The summed E-state index contributed by atoms with van der Waals surface area (Å²) in [6.45, 7) is 2.01. The molecular formula is C14H13F2NO. The minimum absolute atomic E-state index is 0.229. The van der Waals surface area contributed by atoms with Gasteiger partial charge in [0.1, 0.15) is 5.82 Å². The maximum Gasteiger partial charge on any atom is 0.165 e. The second kappa shape index (κ2) is 5.04. The van der Waals surface area contributed by atoms with E-state index < -0.39 is 5.82 Å². The first-order valence-corrected chi connectivity index (χ1v) is 5.53. The van der Waals surface area contributed by atoms with Crippen LogP contribution < -0.4 is 5.32 Å². The molecule has 0 aromatic heterocycles. The van der Waals surface area contributed by atoms with E-state index in [0.717, 1.165) is 5.56 Å². The molecule has 94 valence electrons. The highest BCUT2D eigenvalue weighted by molar-refractivity contribution is 5.47. The number of phenols is 1. The highest BCUT2D eigenvalue weighted by Gasteiger charge is 2.06. The molecule has 0 aliphatic rings. The molecule has 0 heterocycles. The number of para-hydroxylation sites is 1. The van der Waals surface area contributed by atoms with Crippen molar-refractivity contribution in [2.24, 2.45) is 0 Å². The third kappa shape index (κ3) is 2.77. The van der Waals surface area contributed by atoms with E-state index in [4.69, 9.17) is 0 Å². The van der Waals surface area contributed by atoms with E-state index in [0.29, 0.717) is 11.3 Å². The lowest BCUT2D eigenvalue weighted by molar-refractivity contribution is 0.427. The van der Waals surface area contributed by atoms with Crippen molar-refractivity contribution >= 4 is 5.69 Å². The lowest BCUT2D eigenvalue weighted by atomic mass is 10.1. The van der Waals surface area contributed by atoms with Gasteiger partial charge < -0.3 is 10.4 Å². The fourth-order valence-electron chi connectivity index (χ4n) is 1.74. The average Bonchev–Trinajstić information content (AvgIpc) is 2.30. The summed E-state index contributed by atoms with van der Waals surface area (Å²) in [7, 11) is 0. The molecule has 0 saturated heterocycles. The molecule has 0 fully saturated rings. The Kier molecular flexibility index (Phi) is 3.46. The Bertz CT molecular complexity index is 549. The van der Waals surface area contributed by atoms with E-state index >= 15 is 0 Å². The molecule has 0 amide bonds. The van der Waals surface area contributed by atoms with Gasteiger partial charge in [0.05, 0.1) is 0 Å². The number of nitrogens with one attached hydrogen (secondary N) is 1. The van der Waals surface area contributed by atoms with Crippen molar-refractivity contribution in [1.82, 2.24) is 0 Å². The number of halogens is 2. The number of benzene rings is 2. The molecule has 0 unspecified atom stereocenters. The van der Waals surface area contributed by atoms with E-state index in [2.05, 4.69) is 5.32 Å². The molecule has 0 bridgehead atoms. The van der Waals surface area contributed by atoms with Gasteiger partial charge in [0.2, 0.25) is 0 Å². The zero-order valence-corrected chi connectivity index (χ0v) is 9.87. The van der Waals surface area contributed by atoms with Gasteiger partial charge in [0.25, 0.3) is 0 Å². The summed E-state index contributed by atoms with van der Waals surface area (Å²) in [6, 6.07) is 8.86. The number of aromatic hydroxyl groups is 1. The summed E-state index contributed by atoms with van der Waals surface area (Å²) in [5.41, 5.74) is 1.81. The molecule has 2 rings (SSSR count). The first-order valence-electron chi connectivity index (χ1n) is 5.53. The monoisotopic (exact) mass is 249 g/mol. The molecule has 0 spiro atoms. The van der Waals surface area contributed by atoms with Crippen LogP contribution in [0.15, 0.2) is 36.4 Å². The SMILES string of the molecule is Cc1cc(F)cc(NCc2cccc(F)c2O)c1. The zero-order valence-electron chi connectivity index (χ0n) is 9.87. The molecule has 0 aliphatic heterocycles. The molecule has 2 aromatic carbocycles. The summed E-state index contributed by atoms with van der Waals surface area (Å²) in [5.74, 6) is -1.37. The second-order valence-corrected chi connectivity index (χ2v) is 4.12. The quantitative estimate of drug-likeness (QED) is 0.871. The number of aryl methyl sites for hydroxylation is 1. The van der Waals surface area contributed by atoms with E-state index in [-0.39, 0.29) is 18.1 Å². The van der Waals surface area contributed by atoms with Gasteiger partial charge in [-0.2, -0.15) is 0 Å². The van der Waals surface area contributed by atoms with Crippen LogP contribution in [-0.4, -0.2) is 5.11 Å². The Labute approximate surface area is 104 Å². The Morgan fingerprint density at radius 2 is 1.94 bits per heavy atom. The van der Waals surface area contributed by atoms with E-state index in [1.807, 2.05) is 0 Å². The van der Waals surface area contributed by atoms with E-state index in [1.54, 1.807) is 19.1 Å². The molecule has 0 radical (unpaired) electrons. The third-order valence-corrected chi connectivity index (χ3v) is 2.60. The van der Waals surface area contributed by atoms with Crippen LogP contribution in [0.2, 0.25) is 0 Å². The molecule has 0 atom stereocenters. The molecule has 0 aliphatic carbocycles. The van der Waals surface area contributed by atoms with Crippen molar-refractivity contribution in [3.05, 3.63) is 59.2 Å². The maximum absolute atomic E-state index is 13.1. The second-order valence-electron chi connectivity index (χ2n) is 4.12. The smallest absolute Gasteiger partial charge is 0.165 e. The first kappa shape index (κ1) is 12.4. The van der Waals surface area contributed by atoms with Crippen molar-refractivity contribution in [2.75, 3.05) is 5.32 Å². The number of hydrogen-bond acceptors (Lipinski definition) is 2. The zero-order chi connectivity index (χ0) is 13.1.